The van der Waals surface area contributed by atoms with Gasteiger partial charge >= 0.3 is 11.9 Å². The number of rotatable bonds is 6. The first kappa shape index (κ1) is 25.6. The number of methoxy groups -OCH3 is 1. The van der Waals surface area contributed by atoms with E-state index in [1.807, 2.05) is 12.1 Å². The summed E-state index contributed by atoms with van der Waals surface area (Å²) >= 11 is 4.61. The molecular weight excluding hydrogens is 548 g/mol. The van der Waals surface area contributed by atoms with Gasteiger partial charge in [-0.2, -0.15) is 0 Å². The topological polar surface area (TPSA) is 96.2 Å². The molecule has 2 heterocycles. The minimum Gasteiger partial charge on any atom is -0.497 e. The summed E-state index contributed by atoms with van der Waals surface area (Å²) in [5, 5.41) is 0. The molecule has 0 amide bonds. The first-order valence-electron chi connectivity index (χ1n) is 11.0. The van der Waals surface area contributed by atoms with E-state index in [9.17, 15) is 14.4 Å². The van der Waals surface area contributed by atoms with Gasteiger partial charge in [-0.3, -0.25) is 14.2 Å². The second-order valence-electron chi connectivity index (χ2n) is 7.85. The maximum Gasteiger partial charge on any atom is 0.338 e. The van der Waals surface area contributed by atoms with E-state index in [-0.39, 0.29) is 12.2 Å². The van der Waals surface area contributed by atoms with Crippen LogP contribution in [0.2, 0.25) is 0 Å². The summed E-state index contributed by atoms with van der Waals surface area (Å²) in [5.74, 6) is -0.0237. The fraction of sp³-hybridized carbons (Fsp3) is 0.231. The summed E-state index contributed by atoms with van der Waals surface area (Å²) < 4.78 is 18.5. The number of aromatic nitrogens is 1. The molecule has 1 aliphatic rings. The van der Waals surface area contributed by atoms with Crippen LogP contribution < -0.4 is 24.4 Å². The van der Waals surface area contributed by atoms with Gasteiger partial charge < -0.3 is 14.2 Å². The third-order valence-corrected chi connectivity index (χ3v) is 6.94. The van der Waals surface area contributed by atoms with Gasteiger partial charge in [-0.15, -0.1) is 0 Å². The molecule has 0 fully saturated rings. The lowest BCUT2D eigenvalue weighted by molar-refractivity contribution is -0.139. The fourth-order valence-electron chi connectivity index (χ4n) is 3.91. The lowest BCUT2D eigenvalue weighted by atomic mass is 9.96. The number of esters is 2. The molecule has 0 spiro atoms. The normalized spacial score (nSPS) is 15.2. The van der Waals surface area contributed by atoms with Gasteiger partial charge in [0.25, 0.3) is 5.56 Å². The van der Waals surface area contributed by atoms with Crippen LogP contribution in [0.3, 0.4) is 0 Å². The Morgan fingerprint density at radius 1 is 1.19 bits per heavy atom. The molecule has 2 aromatic carbocycles. The van der Waals surface area contributed by atoms with Crippen molar-refractivity contribution < 1.29 is 23.8 Å². The summed E-state index contributed by atoms with van der Waals surface area (Å²) in [6, 6.07) is 11.6. The summed E-state index contributed by atoms with van der Waals surface area (Å²) in [7, 11) is 1.57. The SMILES string of the molecule is CCOC(=O)C1=C(C)N=c2s/c(=C\c3cc(Br)ccc3OC(C)=O)c(=O)n2[C@@H]1c1ccc(OC)cc1. The van der Waals surface area contributed by atoms with Gasteiger partial charge in [-0.05, 0) is 55.8 Å². The van der Waals surface area contributed by atoms with Gasteiger partial charge in [0.15, 0.2) is 4.80 Å². The Hall–Kier alpha value is -3.50. The second kappa shape index (κ2) is 10.6. The Balaban J connectivity index is 1.95. The Labute approximate surface area is 219 Å². The lowest BCUT2D eigenvalue weighted by Gasteiger charge is -2.24. The third kappa shape index (κ3) is 5.05. The highest BCUT2D eigenvalue weighted by Gasteiger charge is 2.33. The molecule has 1 aromatic heterocycles. The molecule has 1 aliphatic heterocycles. The molecule has 1 atom stereocenters. The fourth-order valence-corrected chi connectivity index (χ4v) is 5.33. The minimum absolute atomic E-state index is 0.192. The zero-order valence-corrected chi connectivity index (χ0v) is 22.4. The van der Waals surface area contributed by atoms with Crippen LogP contribution in [-0.2, 0) is 14.3 Å². The van der Waals surface area contributed by atoms with Gasteiger partial charge in [0, 0.05) is 17.0 Å². The molecule has 0 aliphatic carbocycles. The molecule has 36 heavy (non-hydrogen) atoms. The predicted molar refractivity (Wildman–Crippen MR) is 139 cm³/mol. The molecule has 8 nitrogen and oxygen atoms in total. The van der Waals surface area contributed by atoms with E-state index >= 15 is 0 Å². The number of carbonyl (C=O) groups is 2. The van der Waals surface area contributed by atoms with E-state index in [0.29, 0.717) is 43.2 Å². The Morgan fingerprint density at radius 3 is 2.56 bits per heavy atom. The molecule has 0 saturated carbocycles. The van der Waals surface area contributed by atoms with Crippen molar-refractivity contribution in [3.05, 3.63) is 89.0 Å². The average Bonchev–Trinajstić information content (AvgIpc) is 3.14. The van der Waals surface area contributed by atoms with E-state index in [2.05, 4.69) is 20.9 Å². The van der Waals surface area contributed by atoms with E-state index in [1.54, 1.807) is 57.4 Å². The van der Waals surface area contributed by atoms with Crippen molar-refractivity contribution in [3.63, 3.8) is 0 Å². The Bertz CT molecular complexity index is 1550. The van der Waals surface area contributed by atoms with Crippen molar-refractivity contribution in [1.82, 2.24) is 4.57 Å². The molecule has 3 aromatic rings. The summed E-state index contributed by atoms with van der Waals surface area (Å²) in [4.78, 5) is 43.3. The molecular formula is C26H23BrN2O6S. The largest absolute Gasteiger partial charge is 0.497 e. The maximum atomic E-state index is 13.7. The van der Waals surface area contributed by atoms with Gasteiger partial charge in [0.2, 0.25) is 0 Å². The number of fused-ring (bicyclic) bond motifs is 1. The van der Waals surface area contributed by atoms with Crippen molar-refractivity contribution >= 4 is 45.3 Å². The quantitative estimate of drug-likeness (QED) is 0.332. The van der Waals surface area contributed by atoms with Gasteiger partial charge in [0.1, 0.15) is 11.5 Å². The molecule has 0 unspecified atom stereocenters. The second-order valence-corrected chi connectivity index (χ2v) is 9.78. The van der Waals surface area contributed by atoms with Crippen LogP contribution in [0.1, 0.15) is 37.9 Å². The predicted octanol–water partition coefficient (Wildman–Crippen LogP) is 3.49. The highest BCUT2D eigenvalue weighted by atomic mass is 79.9. The zero-order chi connectivity index (χ0) is 26.0. The van der Waals surface area contributed by atoms with Crippen LogP contribution in [0.5, 0.6) is 11.5 Å². The summed E-state index contributed by atoms with van der Waals surface area (Å²) in [6.45, 7) is 4.96. The van der Waals surface area contributed by atoms with E-state index in [0.717, 1.165) is 4.47 Å². The van der Waals surface area contributed by atoms with Crippen LogP contribution in [0, 0.1) is 0 Å². The Morgan fingerprint density at radius 2 is 1.92 bits per heavy atom. The van der Waals surface area contributed by atoms with E-state index in [1.165, 1.54) is 22.8 Å². The number of allylic oxidation sites excluding steroid dienone is 1. The molecule has 10 heteroatoms. The molecule has 0 bridgehead atoms. The smallest absolute Gasteiger partial charge is 0.338 e. The van der Waals surface area contributed by atoms with Crippen molar-refractivity contribution in [3.8, 4) is 11.5 Å². The molecule has 0 radical (unpaired) electrons. The minimum atomic E-state index is -0.733. The monoisotopic (exact) mass is 570 g/mol. The highest BCUT2D eigenvalue weighted by molar-refractivity contribution is 9.10. The molecule has 0 N–H and O–H groups in total. The number of hydrogen-bond donors (Lipinski definition) is 0. The number of halogens is 1. The first-order valence-corrected chi connectivity index (χ1v) is 12.7. The Kier molecular flexibility index (Phi) is 7.56. The van der Waals surface area contributed by atoms with Crippen LogP contribution in [0.15, 0.2) is 68.0 Å². The zero-order valence-electron chi connectivity index (χ0n) is 20.0. The number of carbonyl (C=O) groups excluding carboxylic acids is 2. The van der Waals surface area contributed by atoms with Crippen LogP contribution in [-0.4, -0.2) is 30.2 Å². The van der Waals surface area contributed by atoms with Crippen molar-refractivity contribution in [2.45, 2.75) is 26.8 Å². The van der Waals surface area contributed by atoms with E-state index in [4.69, 9.17) is 14.2 Å². The number of hydrogen-bond acceptors (Lipinski definition) is 8. The lowest BCUT2D eigenvalue weighted by Crippen LogP contribution is -2.39. The maximum absolute atomic E-state index is 13.7. The number of thiazole rings is 1. The summed E-state index contributed by atoms with van der Waals surface area (Å²) in [6.07, 6.45) is 1.65. The van der Waals surface area contributed by atoms with Crippen LogP contribution >= 0.6 is 27.3 Å². The number of nitrogens with zero attached hydrogens (tertiary/aromatic N) is 2. The van der Waals surface area contributed by atoms with Crippen LogP contribution in [0.25, 0.3) is 6.08 Å². The van der Waals surface area contributed by atoms with E-state index < -0.39 is 18.0 Å². The number of ether oxygens (including phenoxy) is 3. The standard InChI is InChI=1S/C26H23BrN2O6S/c1-5-34-25(32)22-14(2)28-26-29(23(22)16-6-9-19(33-4)10-7-16)24(31)21(36-26)13-17-12-18(27)8-11-20(17)35-15(3)30/h6-13,23H,5H2,1-4H3/b21-13-/t23-/m1/s1. The van der Waals surface area contributed by atoms with Crippen molar-refractivity contribution in [2.75, 3.05) is 13.7 Å². The van der Waals surface area contributed by atoms with Crippen molar-refractivity contribution in [2.24, 2.45) is 4.99 Å². The molecule has 0 saturated heterocycles. The van der Waals surface area contributed by atoms with Crippen molar-refractivity contribution in [1.29, 1.82) is 0 Å². The summed E-state index contributed by atoms with van der Waals surface area (Å²) in [5.41, 5.74) is 1.70. The van der Waals surface area contributed by atoms with Gasteiger partial charge in [0.05, 0.1) is 35.6 Å². The first-order chi connectivity index (χ1) is 17.2. The molecule has 4 rings (SSSR count). The van der Waals surface area contributed by atoms with Gasteiger partial charge in [-0.1, -0.05) is 39.4 Å². The average molecular weight is 571 g/mol. The number of benzene rings is 2. The third-order valence-electron chi connectivity index (χ3n) is 5.46. The molecule has 186 valence electrons. The van der Waals surface area contributed by atoms with Crippen LogP contribution in [0.4, 0.5) is 0 Å². The van der Waals surface area contributed by atoms with Gasteiger partial charge in [-0.25, -0.2) is 9.79 Å². The highest BCUT2D eigenvalue weighted by Crippen LogP contribution is 2.31.